The van der Waals surface area contributed by atoms with Crippen LogP contribution in [0.2, 0.25) is 0 Å². The van der Waals surface area contributed by atoms with Crippen molar-refractivity contribution in [3.05, 3.63) is 39.4 Å². The van der Waals surface area contributed by atoms with E-state index < -0.39 is 10.8 Å². The lowest BCUT2D eigenvalue weighted by atomic mass is 10.1. The van der Waals surface area contributed by atoms with E-state index in [2.05, 4.69) is 5.32 Å². The third-order valence-electron chi connectivity index (χ3n) is 2.76. The molecule has 100 valence electrons. The van der Waals surface area contributed by atoms with Crippen molar-refractivity contribution in [2.45, 2.75) is 20.4 Å². The van der Waals surface area contributed by atoms with E-state index in [9.17, 15) is 14.3 Å². The topological polar surface area (TPSA) is 72.2 Å². The summed E-state index contributed by atoms with van der Waals surface area (Å²) in [5.41, 5.74) is 1.74. The Hall–Kier alpha value is -1.27. The molecule has 0 heterocycles. The average molecular weight is 270 g/mol. The Balaban J connectivity index is 2.55. The van der Waals surface area contributed by atoms with Gasteiger partial charge in [-0.05, 0) is 12.5 Å². The van der Waals surface area contributed by atoms with Crippen LogP contribution in [0.4, 0.5) is 5.69 Å². The number of hydrogen-bond donors (Lipinski definition) is 1. The van der Waals surface area contributed by atoms with Gasteiger partial charge in [0, 0.05) is 47.0 Å². The van der Waals surface area contributed by atoms with Crippen molar-refractivity contribution in [1.82, 2.24) is 5.32 Å². The van der Waals surface area contributed by atoms with Crippen LogP contribution in [-0.4, -0.2) is 27.2 Å². The molecule has 1 aromatic rings. The second kappa shape index (κ2) is 7.23. The third kappa shape index (κ3) is 4.19. The second-order valence-corrected chi connectivity index (χ2v) is 5.79. The largest absolute Gasteiger partial charge is 0.312 e. The molecule has 0 amide bonds. The Morgan fingerprint density at radius 3 is 2.78 bits per heavy atom. The maximum Gasteiger partial charge on any atom is 0.272 e. The molecule has 0 aliphatic carbocycles. The highest BCUT2D eigenvalue weighted by Crippen LogP contribution is 2.20. The Morgan fingerprint density at radius 1 is 1.44 bits per heavy atom. The van der Waals surface area contributed by atoms with Crippen molar-refractivity contribution in [1.29, 1.82) is 0 Å². The third-order valence-corrected chi connectivity index (χ3v) is 4.06. The van der Waals surface area contributed by atoms with Crippen molar-refractivity contribution in [2.75, 3.05) is 18.1 Å². The van der Waals surface area contributed by atoms with Gasteiger partial charge in [0.05, 0.1) is 4.92 Å². The summed E-state index contributed by atoms with van der Waals surface area (Å²) in [6.07, 6.45) is 0. The Bertz CT molecular complexity index is 449. The van der Waals surface area contributed by atoms with Gasteiger partial charge in [0.15, 0.2) is 0 Å². The lowest BCUT2D eigenvalue weighted by Gasteiger charge is -2.07. The quantitative estimate of drug-likeness (QED) is 0.465. The highest BCUT2D eigenvalue weighted by atomic mass is 32.2. The maximum atomic E-state index is 11.2. The van der Waals surface area contributed by atoms with E-state index in [1.54, 1.807) is 13.0 Å². The van der Waals surface area contributed by atoms with Crippen LogP contribution >= 0.6 is 0 Å². The van der Waals surface area contributed by atoms with Crippen LogP contribution in [0.1, 0.15) is 18.1 Å². The molecule has 0 aliphatic heterocycles. The van der Waals surface area contributed by atoms with Gasteiger partial charge in [0.25, 0.3) is 5.69 Å². The standard InChI is InChI=1S/C12H18N2O3S/c1-3-18(17)8-7-13-9-11-5-4-6-12(10(11)2)14(15)16/h4-6,13H,3,7-9H2,1-2H3. The molecule has 0 radical (unpaired) electrons. The fourth-order valence-electron chi connectivity index (χ4n) is 1.61. The predicted octanol–water partition coefficient (Wildman–Crippen LogP) is 1.76. The summed E-state index contributed by atoms with van der Waals surface area (Å²) in [5.74, 6) is 1.28. The average Bonchev–Trinajstić information content (AvgIpc) is 2.35. The van der Waals surface area contributed by atoms with Crippen molar-refractivity contribution in [3.63, 3.8) is 0 Å². The van der Waals surface area contributed by atoms with Crippen molar-refractivity contribution >= 4 is 16.5 Å². The number of rotatable bonds is 7. The molecular formula is C12H18N2O3S. The van der Waals surface area contributed by atoms with E-state index in [1.807, 2.05) is 13.0 Å². The zero-order valence-corrected chi connectivity index (χ0v) is 11.5. The number of hydrogen-bond acceptors (Lipinski definition) is 4. The van der Waals surface area contributed by atoms with Crippen LogP contribution in [0.25, 0.3) is 0 Å². The lowest BCUT2D eigenvalue weighted by molar-refractivity contribution is -0.385. The van der Waals surface area contributed by atoms with Crippen molar-refractivity contribution in [2.24, 2.45) is 0 Å². The lowest BCUT2D eigenvalue weighted by Crippen LogP contribution is -2.21. The van der Waals surface area contributed by atoms with E-state index in [0.29, 0.717) is 30.2 Å². The molecule has 5 nitrogen and oxygen atoms in total. The molecule has 18 heavy (non-hydrogen) atoms. The normalized spacial score (nSPS) is 12.3. The summed E-state index contributed by atoms with van der Waals surface area (Å²) in [4.78, 5) is 10.4. The highest BCUT2D eigenvalue weighted by Gasteiger charge is 2.12. The minimum Gasteiger partial charge on any atom is -0.312 e. The monoisotopic (exact) mass is 270 g/mol. The van der Waals surface area contributed by atoms with Gasteiger partial charge in [0.2, 0.25) is 0 Å². The Kier molecular flexibility index (Phi) is 5.94. The minimum absolute atomic E-state index is 0.145. The molecule has 1 N–H and O–H groups in total. The molecule has 0 aromatic heterocycles. The molecule has 0 bridgehead atoms. The first-order valence-electron chi connectivity index (χ1n) is 5.84. The van der Waals surface area contributed by atoms with E-state index in [0.717, 1.165) is 5.56 Å². The molecule has 0 saturated carbocycles. The molecule has 1 aromatic carbocycles. The van der Waals surface area contributed by atoms with Crippen LogP contribution in [0.5, 0.6) is 0 Å². The molecule has 1 rings (SSSR count). The van der Waals surface area contributed by atoms with Gasteiger partial charge < -0.3 is 5.32 Å². The minimum atomic E-state index is -0.773. The van der Waals surface area contributed by atoms with Crippen LogP contribution in [0.15, 0.2) is 18.2 Å². The van der Waals surface area contributed by atoms with E-state index in [-0.39, 0.29) is 10.6 Å². The number of benzene rings is 1. The zero-order chi connectivity index (χ0) is 13.5. The number of nitro groups is 1. The molecular weight excluding hydrogens is 252 g/mol. The molecule has 1 unspecified atom stereocenters. The zero-order valence-electron chi connectivity index (χ0n) is 10.6. The highest BCUT2D eigenvalue weighted by molar-refractivity contribution is 7.84. The van der Waals surface area contributed by atoms with Crippen LogP contribution in [-0.2, 0) is 17.3 Å². The molecule has 1 atom stereocenters. The number of nitrogens with one attached hydrogen (secondary N) is 1. The predicted molar refractivity (Wildman–Crippen MR) is 73.1 cm³/mol. The summed E-state index contributed by atoms with van der Waals surface area (Å²) >= 11 is 0. The van der Waals surface area contributed by atoms with Crippen molar-refractivity contribution < 1.29 is 9.13 Å². The Labute approximate surface area is 109 Å². The smallest absolute Gasteiger partial charge is 0.272 e. The van der Waals surface area contributed by atoms with Gasteiger partial charge in [-0.2, -0.15) is 0 Å². The van der Waals surface area contributed by atoms with Crippen molar-refractivity contribution in [3.8, 4) is 0 Å². The van der Waals surface area contributed by atoms with Crippen LogP contribution in [0, 0.1) is 17.0 Å². The molecule has 0 spiro atoms. The first kappa shape index (κ1) is 14.8. The molecule has 0 saturated heterocycles. The van der Waals surface area contributed by atoms with Crippen LogP contribution < -0.4 is 5.32 Å². The molecule has 0 fully saturated rings. The van der Waals surface area contributed by atoms with E-state index in [1.165, 1.54) is 6.07 Å². The van der Waals surface area contributed by atoms with E-state index in [4.69, 9.17) is 0 Å². The fraction of sp³-hybridized carbons (Fsp3) is 0.500. The summed E-state index contributed by atoms with van der Waals surface area (Å²) in [6, 6.07) is 5.06. The first-order valence-corrected chi connectivity index (χ1v) is 7.33. The molecule has 0 aliphatic rings. The van der Waals surface area contributed by atoms with Gasteiger partial charge in [-0.3, -0.25) is 14.3 Å². The summed E-state index contributed by atoms with van der Waals surface area (Å²) in [6.45, 7) is 4.86. The van der Waals surface area contributed by atoms with Crippen LogP contribution in [0.3, 0.4) is 0 Å². The van der Waals surface area contributed by atoms with Gasteiger partial charge in [-0.25, -0.2) is 0 Å². The number of nitro benzene ring substituents is 1. The SMILES string of the molecule is CCS(=O)CCNCc1cccc([N+](=O)[O-])c1C. The maximum absolute atomic E-state index is 11.2. The van der Waals surface area contributed by atoms with E-state index >= 15 is 0 Å². The summed E-state index contributed by atoms with van der Waals surface area (Å²) in [5, 5.41) is 13.9. The van der Waals surface area contributed by atoms with Gasteiger partial charge >= 0.3 is 0 Å². The fourth-order valence-corrected chi connectivity index (χ4v) is 2.27. The summed E-state index contributed by atoms with van der Waals surface area (Å²) < 4.78 is 11.2. The summed E-state index contributed by atoms with van der Waals surface area (Å²) in [7, 11) is -0.773. The second-order valence-electron chi connectivity index (χ2n) is 3.93. The Morgan fingerprint density at radius 2 is 2.17 bits per heavy atom. The first-order chi connectivity index (χ1) is 8.56. The number of nitrogens with zero attached hydrogens (tertiary/aromatic N) is 1. The van der Waals surface area contributed by atoms with Gasteiger partial charge in [0.1, 0.15) is 0 Å². The molecule has 6 heteroatoms. The van der Waals surface area contributed by atoms with Gasteiger partial charge in [-0.15, -0.1) is 0 Å². The van der Waals surface area contributed by atoms with Gasteiger partial charge in [-0.1, -0.05) is 19.1 Å².